The standard InChI is InChI=1S/C10H6F8O/c11-7(5-1-3-6(19)4-2-5)8(12,13)9(14,15)10(16,17)18/h1-4,7,19H. The van der Waals surface area contributed by atoms with Crippen LogP contribution >= 0.6 is 0 Å². The average molecular weight is 294 g/mol. The Hall–Kier alpha value is -1.54. The molecule has 0 saturated heterocycles. The lowest BCUT2D eigenvalue weighted by Gasteiger charge is -2.30. The zero-order valence-corrected chi connectivity index (χ0v) is 8.86. The molecule has 1 atom stereocenters. The summed E-state index contributed by atoms with van der Waals surface area (Å²) < 4.78 is 99.8. The Morgan fingerprint density at radius 2 is 1.26 bits per heavy atom. The maximum absolute atomic E-state index is 13.3. The van der Waals surface area contributed by atoms with E-state index in [-0.39, 0.29) is 0 Å². The first-order valence-corrected chi connectivity index (χ1v) is 4.66. The zero-order chi connectivity index (χ0) is 15.1. The van der Waals surface area contributed by atoms with Crippen molar-refractivity contribution in [1.82, 2.24) is 0 Å². The van der Waals surface area contributed by atoms with Gasteiger partial charge in [0.2, 0.25) is 0 Å². The van der Waals surface area contributed by atoms with E-state index in [0.29, 0.717) is 24.3 Å². The number of aromatic hydroxyl groups is 1. The van der Waals surface area contributed by atoms with Gasteiger partial charge in [0.15, 0.2) is 6.17 Å². The molecular weight excluding hydrogens is 288 g/mol. The highest BCUT2D eigenvalue weighted by molar-refractivity contribution is 5.29. The van der Waals surface area contributed by atoms with E-state index >= 15 is 0 Å². The molecule has 0 aromatic heterocycles. The third kappa shape index (κ3) is 2.59. The lowest BCUT2D eigenvalue weighted by molar-refractivity contribution is -0.367. The fourth-order valence-corrected chi connectivity index (χ4v) is 1.20. The van der Waals surface area contributed by atoms with E-state index in [1.807, 2.05) is 0 Å². The van der Waals surface area contributed by atoms with Gasteiger partial charge in [0, 0.05) is 0 Å². The van der Waals surface area contributed by atoms with Crippen LogP contribution in [0.1, 0.15) is 11.7 Å². The van der Waals surface area contributed by atoms with Crippen molar-refractivity contribution in [2.24, 2.45) is 0 Å². The smallest absolute Gasteiger partial charge is 0.460 e. The summed E-state index contributed by atoms with van der Waals surface area (Å²) in [7, 11) is 0. The van der Waals surface area contributed by atoms with Gasteiger partial charge in [-0.1, -0.05) is 12.1 Å². The van der Waals surface area contributed by atoms with E-state index in [4.69, 9.17) is 5.11 Å². The zero-order valence-electron chi connectivity index (χ0n) is 8.86. The SMILES string of the molecule is Oc1ccc(C(F)C(F)(F)C(F)(F)C(F)(F)F)cc1. The molecule has 1 aromatic rings. The molecule has 1 aromatic carbocycles. The summed E-state index contributed by atoms with van der Waals surface area (Å²) in [5.41, 5.74) is -1.10. The van der Waals surface area contributed by atoms with Gasteiger partial charge in [-0.05, 0) is 17.7 Å². The predicted octanol–water partition coefficient (Wildman–Crippen LogP) is 4.24. The normalized spacial score (nSPS) is 15.4. The summed E-state index contributed by atoms with van der Waals surface area (Å²) >= 11 is 0. The third-order valence-electron chi connectivity index (χ3n) is 2.28. The number of halogens is 8. The summed E-state index contributed by atoms with van der Waals surface area (Å²) in [6.07, 6.45) is -10.5. The van der Waals surface area contributed by atoms with E-state index in [2.05, 4.69) is 0 Å². The lowest BCUT2D eigenvalue weighted by Crippen LogP contribution is -2.54. The first-order valence-electron chi connectivity index (χ1n) is 4.66. The van der Waals surface area contributed by atoms with Gasteiger partial charge in [0.1, 0.15) is 5.75 Å². The molecule has 9 heteroatoms. The fraction of sp³-hybridized carbons (Fsp3) is 0.400. The highest BCUT2D eigenvalue weighted by Crippen LogP contribution is 2.52. The molecule has 19 heavy (non-hydrogen) atoms. The number of rotatable bonds is 3. The van der Waals surface area contributed by atoms with Crippen molar-refractivity contribution in [3.63, 3.8) is 0 Å². The monoisotopic (exact) mass is 294 g/mol. The number of benzene rings is 1. The molecule has 108 valence electrons. The van der Waals surface area contributed by atoms with E-state index in [9.17, 15) is 35.1 Å². The van der Waals surface area contributed by atoms with Crippen LogP contribution in [0.3, 0.4) is 0 Å². The molecule has 0 heterocycles. The molecule has 0 aliphatic carbocycles. The molecule has 0 aliphatic rings. The quantitative estimate of drug-likeness (QED) is 0.827. The van der Waals surface area contributed by atoms with Gasteiger partial charge in [-0.3, -0.25) is 0 Å². The Balaban J connectivity index is 3.16. The second kappa shape index (κ2) is 4.53. The number of phenolic OH excluding ortho intramolecular Hbond substituents is 1. The minimum atomic E-state index is -6.59. The van der Waals surface area contributed by atoms with E-state index in [1.165, 1.54) is 0 Å². The van der Waals surface area contributed by atoms with Crippen molar-refractivity contribution in [3.05, 3.63) is 29.8 Å². The van der Waals surface area contributed by atoms with Crippen LogP contribution in [-0.4, -0.2) is 23.1 Å². The minimum Gasteiger partial charge on any atom is -0.508 e. The molecule has 0 saturated carbocycles. The largest absolute Gasteiger partial charge is 0.508 e. The van der Waals surface area contributed by atoms with Gasteiger partial charge >= 0.3 is 18.0 Å². The van der Waals surface area contributed by atoms with Gasteiger partial charge in [0.25, 0.3) is 0 Å². The minimum absolute atomic E-state index is 0.484. The molecule has 0 bridgehead atoms. The van der Waals surface area contributed by atoms with E-state index in [1.54, 1.807) is 0 Å². The van der Waals surface area contributed by atoms with E-state index in [0.717, 1.165) is 0 Å². The molecule has 0 radical (unpaired) electrons. The van der Waals surface area contributed by atoms with Crippen molar-refractivity contribution in [1.29, 1.82) is 0 Å². The lowest BCUT2D eigenvalue weighted by atomic mass is 9.99. The van der Waals surface area contributed by atoms with Crippen LogP contribution in [0, 0.1) is 0 Å². The van der Waals surface area contributed by atoms with E-state index < -0.39 is 35.5 Å². The van der Waals surface area contributed by atoms with Gasteiger partial charge in [-0.25, -0.2) is 4.39 Å². The Morgan fingerprint density at radius 3 is 1.63 bits per heavy atom. The van der Waals surface area contributed by atoms with Crippen molar-refractivity contribution in [2.45, 2.75) is 24.2 Å². The molecule has 0 spiro atoms. The summed E-state index contributed by atoms with van der Waals surface area (Å²) in [5.74, 6) is -13.0. The second-order valence-corrected chi connectivity index (χ2v) is 3.65. The van der Waals surface area contributed by atoms with Gasteiger partial charge in [-0.15, -0.1) is 0 Å². The van der Waals surface area contributed by atoms with Crippen LogP contribution in [0.2, 0.25) is 0 Å². The summed E-state index contributed by atoms with van der Waals surface area (Å²) in [4.78, 5) is 0. The summed E-state index contributed by atoms with van der Waals surface area (Å²) in [5, 5.41) is 8.79. The summed E-state index contributed by atoms with van der Waals surface area (Å²) in [6, 6.07) is 2.34. The molecule has 0 aliphatic heterocycles. The van der Waals surface area contributed by atoms with Crippen LogP contribution < -0.4 is 0 Å². The molecule has 1 N–H and O–H groups in total. The van der Waals surface area contributed by atoms with Crippen molar-refractivity contribution in [3.8, 4) is 5.75 Å². The average Bonchev–Trinajstić information content (AvgIpc) is 2.27. The van der Waals surface area contributed by atoms with Gasteiger partial charge < -0.3 is 5.11 Å². The third-order valence-corrected chi connectivity index (χ3v) is 2.28. The molecule has 0 fully saturated rings. The number of alkyl halides is 8. The van der Waals surface area contributed by atoms with Crippen molar-refractivity contribution >= 4 is 0 Å². The van der Waals surface area contributed by atoms with Crippen LogP contribution in [0.15, 0.2) is 24.3 Å². The highest BCUT2D eigenvalue weighted by atomic mass is 19.4. The Morgan fingerprint density at radius 1 is 0.842 bits per heavy atom. The first-order chi connectivity index (χ1) is 8.41. The maximum Gasteiger partial charge on any atom is 0.460 e. The Labute approximate surface area is 101 Å². The number of phenols is 1. The van der Waals surface area contributed by atoms with Crippen LogP contribution in [0.25, 0.3) is 0 Å². The predicted molar refractivity (Wildman–Crippen MR) is 47.9 cm³/mol. The topological polar surface area (TPSA) is 20.2 Å². The van der Waals surface area contributed by atoms with Crippen LogP contribution in [0.5, 0.6) is 5.75 Å². The van der Waals surface area contributed by atoms with Crippen molar-refractivity contribution < 1.29 is 40.2 Å². The summed E-state index contributed by atoms with van der Waals surface area (Å²) in [6.45, 7) is 0. The molecule has 1 unspecified atom stereocenters. The molecule has 1 rings (SSSR count). The first kappa shape index (κ1) is 15.5. The molecule has 1 nitrogen and oxygen atoms in total. The van der Waals surface area contributed by atoms with Crippen LogP contribution in [0.4, 0.5) is 35.1 Å². The second-order valence-electron chi connectivity index (χ2n) is 3.65. The number of hydrogen-bond acceptors (Lipinski definition) is 1. The van der Waals surface area contributed by atoms with Gasteiger partial charge in [0.05, 0.1) is 0 Å². The number of hydrogen-bond donors (Lipinski definition) is 1. The fourth-order valence-electron chi connectivity index (χ4n) is 1.20. The molecular formula is C10H6F8O. The van der Waals surface area contributed by atoms with Crippen LogP contribution in [-0.2, 0) is 0 Å². The van der Waals surface area contributed by atoms with Crippen molar-refractivity contribution in [2.75, 3.05) is 0 Å². The Kier molecular flexibility index (Phi) is 3.70. The highest BCUT2D eigenvalue weighted by Gasteiger charge is 2.76. The van der Waals surface area contributed by atoms with Gasteiger partial charge in [-0.2, -0.15) is 30.7 Å². The molecule has 0 amide bonds. The maximum atomic E-state index is 13.3. The Bertz CT molecular complexity index is 436.